The van der Waals surface area contributed by atoms with Gasteiger partial charge in [-0.3, -0.25) is 0 Å². The van der Waals surface area contributed by atoms with Gasteiger partial charge in [-0.25, -0.2) is 0 Å². The quantitative estimate of drug-likeness (QED) is 0.473. The minimum Gasteiger partial charge on any atom is -0.396 e. The average Bonchev–Trinajstić information content (AvgIpc) is 2.70. The Labute approximate surface area is 151 Å². The van der Waals surface area contributed by atoms with Gasteiger partial charge >= 0.3 is 0 Å². The molecule has 0 spiro atoms. The average molecular weight is 345 g/mol. The normalized spacial score (nSPS) is 13.8. The second kappa shape index (κ2) is 7.22. The molecule has 1 unspecified atom stereocenters. The van der Waals surface area contributed by atoms with E-state index in [0.29, 0.717) is 0 Å². The zero-order valence-corrected chi connectivity index (χ0v) is 15.9. The molecule has 0 radical (unpaired) electrons. The van der Waals surface area contributed by atoms with Crippen LogP contribution in [0.4, 0.5) is 0 Å². The molecule has 126 valence electrons. The molecule has 2 heteroatoms. The third-order valence-electron chi connectivity index (χ3n) is 4.80. The van der Waals surface area contributed by atoms with Crippen LogP contribution in [0.25, 0.3) is 0 Å². The van der Waals surface area contributed by atoms with Gasteiger partial charge in [0.05, 0.1) is 5.60 Å². The van der Waals surface area contributed by atoms with Crippen LogP contribution in [0.5, 0.6) is 0 Å². The maximum absolute atomic E-state index is 6.95. The lowest BCUT2D eigenvalue weighted by Gasteiger charge is -2.38. The van der Waals surface area contributed by atoms with E-state index in [4.69, 9.17) is 4.43 Å². The zero-order chi connectivity index (χ0) is 17.8. The van der Waals surface area contributed by atoms with Crippen LogP contribution < -0.4 is 10.4 Å². The molecule has 0 fully saturated rings. The van der Waals surface area contributed by atoms with Gasteiger partial charge in [0.25, 0.3) is 8.32 Å². The van der Waals surface area contributed by atoms with E-state index in [1.54, 1.807) is 0 Å². The van der Waals surface area contributed by atoms with Crippen LogP contribution in [-0.2, 0) is 10.0 Å². The first-order valence-corrected chi connectivity index (χ1v) is 11.0. The highest BCUT2D eigenvalue weighted by molar-refractivity contribution is 6.96. The topological polar surface area (TPSA) is 9.23 Å². The molecule has 3 aromatic carbocycles. The van der Waals surface area contributed by atoms with Crippen LogP contribution in [0.1, 0.15) is 12.5 Å². The van der Waals surface area contributed by atoms with Gasteiger partial charge in [0, 0.05) is 0 Å². The fourth-order valence-corrected chi connectivity index (χ4v) is 6.48. The van der Waals surface area contributed by atoms with Crippen molar-refractivity contribution in [3.05, 3.63) is 109 Å². The molecule has 0 heterocycles. The monoisotopic (exact) mass is 344 g/mol. The van der Waals surface area contributed by atoms with Crippen LogP contribution in [0.15, 0.2) is 104 Å². The Kier molecular flexibility index (Phi) is 5.02. The van der Waals surface area contributed by atoms with Gasteiger partial charge in [-0.05, 0) is 29.4 Å². The maximum atomic E-state index is 6.95. The molecule has 0 amide bonds. The van der Waals surface area contributed by atoms with Crippen molar-refractivity contribution in [3.8, 4) is 0 Å². The number of hydrogen-bond donors (Lipinski definition) is 0. The number of rotatable bonds is 6. The van der Waals surface area contributed by atoms with Gasteiger partial charge in [0.1, 0.15) is 0 Å². The fraction of sp³-hybridized carbons (Fsp3) is 0.130. The molecule has 0 saturated heterocycles. The Balaban J connectivity index is 2.11. The van der Waals surface area contributed by atoms with E-state index in [1.807, 2.05) is 36.4 Å². The van der Waals surface area contributed by atoms with Crippen LogP contribution in [0.2, 0.25) is 6.55 Å². The molecule has 3 rings (SSSR count). The van der Waals surface area contributed by atoms with E-state index in [-0.39, 0.29) is 0 Å². The third kappa shape index (κ3) is 3.50. The molecule has 0 N–H and O–H groups in total. The molecule has 25 heavy (non-hydrogen) atoms. The van der Waals surface area contributed by atoms with Crippen molar-refractivity contribution in [1.29, 1.82) is 0 Å². The first kappa shape index (κ1) is 17.4. The molecule has 0 aliphatic carbocycles. The van der Waals surface area contributed by atoms with Crippen LogP contribution in [0.3, 0.4) is 0 Å². The third-order valence-corrected chi connectivity index (χ3v) is 8.50. The zero-order valence-electron chi connectivity index (χ0n) is 14.9. The van der Waals surface area contributed by atoms with E-state index in [2.05, 4.69) is 80.7 Å². The van der Waals surface area contributed by atoms with Gasteiger partial charge in [0.15, 0.2) is 0 Å². The maximum Gasteiger partial charge on any atom is 0.254 e. The summed E-state index contributed by atoms with van der Waals surface area (Å²) in [4.78, 5) is 0. The van der Waals surface area contributed by atoms with Gasteiger partial charge in [-0.2, -0.15) is 0 Å². The first-order valence-electron chi connectivity index (χ1n) is 8.59. The molecule has 0 aliphatic heterocycles. The second-order valence-corrected chi connectivity index (χ2v) is 9.97. The lowest BCUT2D eigenvalue weighted by Crippen LogP contribution is -2.61. The minimum atomic E-state index is -2.41. The summed E-state index contributed by atoms with van der Waals surface area (Å²) < 4.78 is 6.95. The van der Waals surface area contributed by atoms with Crippen molar-refractivity contribution in [2.75, 3.05) is 0 Å². The molecular formula is C23H24OSi. The summed E-state index contributed by atoms with van der Waals surface area (Å²) in [7, 11) is -2.41. The summed E-state index contributed by atoms with van der Waals surface area (Å²) in [5.41, 5.74) is 0.573. The molecule has 0 aliphatic rings. The van der Waals surface area contributed by atoms with Crippen LogP contribution >= 0.6 is 0 Å². The summed E-state index contributed by atoms with van der Waals surface area (Å²) in [5.74, 6) is 0. The van der Waals surface area contributed by atoms with E-state index < -0.39 is 13.9 Å². The highest BCUT2D eigenvalue weighted by Gasteiger charge is 2.40. The molecule has 1 atom stereocenters. The Bertz CT molecular complexity index is 775. The lowest BCUT2D eigenvalue weighted by atomic mass is 9.97. The summed E-state index contributed by atoms with van der Waals surface area (Å²) in [6.07, 6.45) is 1.92. The summed E-state index contributed by atoms with van der Waals surface area (Å²) in [6, 6.07) is 31.5. The van der Waals surface area contributed by atoms with E-state index in [1.165, 1.54) is 10.4 Å². The van der Waals surface area contributed by atoms with Crippen molar-refractivity contribution in [2.45, 2.75) is 19.1 Å². The smallest absolute Gasteiger partial charge is 0.254 e. The predicted molar refractivity (Wildman–Crippen MR) is 109 cm³/mol. The Morgan fingerprint density at radius 1 is 0.760 bits per heavy atom. The van der Waals surface area contributed by atoms with Crippen molar-refractivity contribution in [1.82, 2.24) is 0 Å². The standard InChI is InChI=1S/C23H24OSi/c1-4-23(2,20-14-8-5-9-15-20)24-25(3,21-16-10-6-11-17-21)22-18-12-7-13-19-22/h4-19H,1H2,2-3H3. The van der Waals surface area contributed by atoms with Gasteiger partial charge in [-0.1, -0.05) is 104 Å². The van der Waals surface area contributed by atoms with E-state index >= 15 is 0 Å². The molecule has 3 aromatic rings. The van der Waals surface area contributed by atoms with Crippen molar-refractivity contribution in [3.63, 3.8) is 0 Å². The van der Waals surface area contributed by atoms with Crippen molar-refractivity contribution in [2.24, 2.45) is 0 Å². The molecule has 1 nitrogen and oxygen atoms in total. The second-order valence-electron chi connectivity index (χ2n) is 6.54. The Morgan fingerprint density at radius 2 is 1.16 bits per heavy atom. The Hall–Kier alpha value is -2.42. The summed E-state index contributed by atoms with van der Waals surface area (Å²) >= 11 is 0. The molecular weight excluding hydrogens is 320 g/mol. The van der Waals surface area contributed by atoms with Crippen molar-refractivity contribution < 1.29 is 4.43 Å². The SMILES string of the molecule is C=CC(C)(O[Si](C)(c1ccccc1)c1ccccc1)c1ccccc1. The summed E-state index contributed by atoms with van der Waals surface area (Å²) in [6.45, 7) is 8.45. The van der Waals surface area contributed by atoms with Gasteiger partial charge in [0.2, 0.25) is 0 Å². The highest BCUT2D eigenvalue weighted by atomic mass is 28.4. The fourth-order valence-electron chi connectivity index (χ4n) is 3.21. The van der Waals surface area contributed by atoms with Crippen molar-refractivity contribution >= 4 is 18.7 Å². The number of hydrogen-bond acceptors (Lipinski definition) is 1. The molecule has 0 aromatic heterocycles. The van der Waals surface area contributed by atoms with E-state index in [0.717, 1.165) is 5.56 Å². The Morgan fingerprint density at radius 3 is 1.56 bits per heavy atom. The summed E-state index contributed by atoms with van der Waals surface area (Å²) in [5, 5.41) is 2.51. The minimum absolute atomic E-state index is 0.548. The van der Waals surface area contributed by atoms with E-state index in [9.17, 15) is 0 Å². The van der Waals surface area contributed by atoms with Gasteiger partial charge in [-0.15, -0.1) is 0 Å². The molecule has 0 bridgehead atoms. The predicted octanol–water partition coefficient (Wildman–Crippen LogP) is 4.49. The van der Waals surface area contributed by atoms with Gasteiger partial charge < -0.3 is 4.43 Å². The van der Waals surface area contributed by atoms with Crippen LogP contribution in [0, 0.1) is 0 Å². The molecule has 0 saturated carbocycles. The van der Waals surface area contributed by atoms with Crippen LogP contribution in [-0.4, -0.2) is 8.32 Å². The largest absolute Gasteiger partial charge is 0.396 e. The lowest BCUT2D eigenvalue weighted by molar-refractivity contribution is 0.138. The number of benzene rings is 3. The highest BCUT2D eigenvalue weighted by Crippen LogP contribution is 2.30. The first-order chi connectivity index (χ1) is 12.1.